The highest BCUT2D eigenvalue weighted by atomic mass is 35.5. The third-order valence-electron chi connectivity index (χ3n) is 5.35. The number of nitrogens with zero attached hydrogens (tertiary/aromatic N) is 2. The molecular weight excluding hydrogens is 448 g/mol. The molecule has 8 heteroatoms. The maximum absolute atomic E-state index is 13.2. The molecule has 2 aromatic carbocycles. The standard InChI is InChI=1S/C24H17ClN2O4S/c1-12-3-6-14(7-4-12)21(28)19-20(17-10-5-13(2)31-17)27(23(30)22(19)29)24-26-16-9-8-15(25)11-18(16)32-24/h3-11,20,28H,1-2H3. The van der Waals surface area contributed by atoms with Crippen LogP contribution in [0.3, 0.4) is 0 Å². The van der Waals surface area contributed by atoms with E-state index in [0.29, 0.717) is 32.8 Å². The monoisotopic (exact) mass is 464 g/mol. The number of thiazole rings is 1. The van der Waals surface area contributed by atoms with Crippen molar-refractivity contribution in [1.29, 1.82) is 0 Å². The topological polar surface area (TPSA) is 83.6 Å². The van der Waals surface area contributed by atoms with E-state index in [0.717, 1.165) is 10.3 Å². The summed E-state index contributed by atoms with van der Waals surface area (Å²) in [6.07, 6.45) is 0. The van der Waals surface area contributed by atoms with E-state index < -0.39 is 17.7 Å². The Kier molecular flexibility index (Phi) is 4.87. The lowest BCUT2D eigenvalue weighted by atomic mass is 9.99. The maximum Gasteiger partial charge on any atom is 0.302 e. The number of aliphatic hydroxyl groups excluding tert-OH is 1. The molecule has 1 atom stereocenters. The van der Waals surface area contributed by atoms with Crippen LogP contribution in [-0.4, -0.2) is 21.8 Å². The summed E-state index contributed by atoms with van der Waals surface area (Å²) in [7, 11) is 0. The van der Waals surface area contributed by atoms with Gasteiger partial charge in [-0.2, -0.15) is 0 Å². The molecule has 2 aromatic heterocycles. The molecule has 160 valence electrons. The van der Waals surface area contributed by atoms with Gasteiger partial charge in [0.15, 0.2) is 5.13 Å². The fourth-order valence-electron chi connectivity index (χ4n) is 3.76. The van der Waals surface area contributed by atoms with Crippen molar-refractivity contribution in [2.45, 2.75) is 19.9 Å². The predicted molar refractivity (Wildman–Crippen MR) is 124 cm³/mol. The van der Waals surface area contributed by atoms with Crippen molar-refractivity contribution in [3.05, 3.63) is 87.8 Å². The summed E-state index contributed by atoms with van der Waals surface area (Å²) in [4.78, 5) is 32.1. The van der Waals surface area contributed by atoms with E-state index in [9.17, 15) is 14.7 Å². The number of ketones is 1. The van der Waals surface area contributed by atoms with Crippen molar-refractivity contribution < 1.29 is 19.1 Å². The van der Waals surface area contributed by atoms with Gasteiger partial charge in [-0.05, 0) is 44.2 Å². The summed E-state index contributed by atoms with van der Waals surface area (Å²) in [6.45, 7) is 3.70. The molecule has 0 aliphatic carbocycles. The van der Waals surface area contributed by atoms with E-state index in [1.165, 1.54) is 16.2 Å². The van der Waals surface area contributed by atoms with E-state index in [4.69, 9.17) is 16.0 Å². The minimum absolute atomic E-state index is 0.0366. The van der Waals surface area contributed by atoms with Gasteiger partial charge in [0.1, 0.15) is 23.3 Å². The summed E-state index contributed by atoms with van der Waals surface area (Å²) in [5.41, 5.74) is 2.07. The number of halogens is 1. The number of aliphatic hydroxyl groups is 1. The summed E-state index contributed by atoms with van der Waals surface area (Å²) < 4.78 is 6.59. The molecule has 3 heterocycles. The number of anilines is 1. The molecule has 32 heavy (non-hydrogen) atoms. The Morgan fingerprint density at radius 1 is 1.09 bits per heavy atom. The molecule has 1 N–H and O–H groups in total. The fourth-order valence-corrected chi connectivity index (χ4v) is 5.02. The summed E-state index contributed by atoms with van der Waals surface area (Å²) in [6, 6.07) is 14.8. The first kappa shape index (κ1) is 20.5. The maximum atomic E-state index is 13.2. The molecule has 0 radical (unpaired) electrons. The third-order valence-corrected chi connectivity index (χ3v) is 6.60. The number of fused-ring (bicyclic) bond motifs is 1. The van der Waals surface area contributed by atoms with Crippen molar-refractivity contribution in [3.8, 4) is 0 Å². The molecule has 1 aliphatic rings. The van der Waals surface area contributed by atoms with Crippen LogP contribution in [-0.2, 0) is 9.59 Å². The Balaban J connectivity index is 1.72. The third kappa shape index (κ3) is 3.30. The van der Waals surface area contributed by atoms with Crippen LogP contribution in [0.15, 0.2) is 64.6 Å². The van der Waals surface area contributed by atoms with E-state index >= 15 is 0 Å². The van der Waals surface area contributed by atoms with Crippen molar-refractivity contribution in [2.75, 3.05) is 4.90 Å². The molecule has 5 rings (SSSR count). The first-order valence-corrected chi connectivity index (χ1v) is 11.0. The first-order chi connectivity index (χ1) is 15.3. The number of amides is 1. The summed E-state index contributed by atoms with van der Waals surface area (Å²) in [5, 5.41) is 12.0. The van der Waals surface area contributed by atoms with Gasteiger partial charge in [-0.15, -0.1) is 0 Å². The van der Waals surface area contributed by atoms with Crippen LogP contribution in [0.5, 0.6) is 0 Å². The quantitative estimate of drug-likeness (QED) is 0.236. The Morgan fingerprint density at radius 2 is 1.84 bits per heavy atom. The van der Waals surface area contributed by atoms with Crippen LogP contribution >= 0.6 is 22.9 Å². The SMILES string of the molecule is Cc1ccc(C(O)=C2C(=O)C(=O)N(c3nc4ccc(Cl)cc4s3)C2c2ccc(C)o2)cc1. The van der Waals surface area contributed by atoms with Crippen molar-refractivity contribution in [2.24, 2.45) is 0 Å². The molecule has 1 unspecified atom stereocenters. The first-order valence-electron chi connectivity index (χ1n) is 9.84. The number of Topliss-reactive ketones (excluding diaryl/α,β-unsaturated/α-hetero) is 1. The molecule has 6 nitrogen and oxygen atoms in total. The number of carbonyl (C=O) groups is 2. The lowest BCUT2D eigenvalue weighted by molar-refractivity contribution is -0.132. The number of benzene rings is 2. The Bertz CT molecular complexity index is 1420. The van der Waals surface area contributed by atoms with Crippen LogP contribution in [0.2, 0.25) is 5.02 Å². The number of rotatable bonds is 3. The van der Waals surface area contributed by atoms with Crippen LogP contribution in [0, 0.1) is 13.8 Å². The molecule has 1 fully saturated rings. The highest BCUT2D eigenvalue weighted by Gasteiger charge is 2.49. The van der Waals surface area contributed by atoms with Crippen LogP contribution < -0.4 is 4.90 Å². The van der Waals surface area contributed by atoms with Crippen molar-refractivity contribution in [1.82, 2.24) is 4.98 Å². The van der Waals surface area contributed by atoms with Crippen molar-refractivity contribution in [3.63, 3.8) is 0 Å². The Labute approximate surface area is 192 Å². The number of aromatic nitrogens is 1. The summed E-state index contributed by atoms with van der Waals surface area (Å²) in [5.74, 6) is -0.832. The van der Waals surface area contributed by atoms with Gasteiger partial charge in [-0.1, -0.05) is 52.8 Å². The van der Waals surface area contributed by atoms with E-state index in [1.54, 1.807) is 49.4 Å². The molecule has 1 amide bonds. The fraction of sp³-hybridized carbons (Fsp3) is 0.125. The van der Waals surface area contributed by atoms with E-state index in [2.05, 4.69) is 4.98 Å². The van der Waals surface area contributed by atoms with Gasteiger partial charge in [0.2, 0.25) is 0 Å². The normalized spacial score (nSPS) is 18.1. The minimum Gasteiger partial charge on any atom is -0.507 e. The minimum atomic E-state index is -0.943. The molecule has 0 saturated carbocycles. The number of carbonyl (C=O) groups excluding carboxylic acids is 2. The molecular formula is C24H17ClN2O4S. The second-order valence-corrected chi connectivity index (χ2v) is 9.04. The van der Waals surface area contributed by atoms with Gasteiger partial charge < -0.3 is 9.52 Å². The zero-order valence-corrected chi connectivity index (χ0v) is 18.7. The van der Waals surface area contributed by atoms with E-state index in [1.807, 2.05) is 19.1 Å². The lowest BCUT2D eigenvalue weighted by Crippen LogP contribution is -2.29. The summed E-state index contributed by atoms with van der Waals surface area (Å²) >= 11 is 7.34. The Hall–Kier alpha value is -3.42. The van der Waals surface area contributed by atoms with Crippen LogP contribution in [0.25, 0.3) is 16.0 Å². The van der Waals surface area contributed by atoms with Gasteiger partial charge in [0.05, 0.1) is 15.8 Å². The van der Waals surface area contributed by atoms with Gasteiger partial charge in [0, 0.05) is 10.6 Å². The average molecular weight is 465 g/mol. The van der Waals surface area contributed by atoms with Gasteiger partial charge >= 0.3 is 5.91 Å². The van der Waals surface area contributed by atoms with Crippen LogP contribution in [0.4, 0.5) is 5.13 Å². The molecule has 0 spiro atoms. The number of aryl methyl sites for hydroxylation is 2. The molecule has 1 aliphatic heterocycles. The average Bonchev–Trinajstić information content (AvgIpc) is 3.44. The van der Waals surface area contributed by atoms with Crippen molar-refractivity contribution >= 4 is 55.7 Å². The molecule has 4 aromatic rings. The number of hydrogen-bond donors (Lipinski definition) is 1. The zero-order chi connectivity index (χ0) is 22.6. The highest BCUT2D eigenvalue weighted by molar-refractivity contribution is 7.22. The second-order valence-electron chi connectivity index (χ2n) is 7.59. The molecule has 0 bridgehead atoms. The highest BCUT2D eigenvalue weighted by Crippen LogP contribution is 2.44. The second kappa shape index (κ2) is 7.62. The smallest absolute Gasteiger partial charge is 0.302 e. The van der Waals surface area contributed by atoms with Gasteiger partial charge in [0.25, 0.3) is 5.78 Å². The van der Waals surface area contributed by atoms with E-state index in [-0.39, 0.29) is 11.3 Å². The zero-order valence-electron chi connectivity index (χ0n) is 17.1. The molecule has 1 saturated heterocycles. The Morgan fingerprint density at radius 3 is 2.53 bits per heavy atom. The lowest BCUT2D eigenvalue weighted by Gasteiger charge is -2.20. The largest absolute Gasteiger partial charge is 0.507 e. The van der Waals surface area contributed by atoms with Gasteiger partial charge in [-0.25, -0.2) is 4.98 Å². The number of hydrogen-bond acceptors (Lipinski definition) is 6. The predicted octanol–water partition coefficient (Wildman–Crippen LogP) is 5.79. The van der Waals surface area contributed by atoms with Crippen LogP contribution in [0.1, 0.15) is 28.7 Å². The van der Waals surface area contributed by atoms with Gasteiger partial charge in [-0.3, -0.25) is 14.5 Å². The number of furan rings is 1.